The highest BCUT2D eigenvalue weighted by molar-refractivity contribution is 5.98. The van der Waals surface area contributed by atoms with Crippen LogP contribution in [0.15, 0.2) is 24.3 Å². The normalized spacial score (nSPS) is 16.5. The van der Waals surface area contributed by atoms with Gasteiger partial charge in [0.25, 0.3) is 5.91 Å². The fraction of sp³-hybridized carbons (Fsp3) is 0.526. The summed E-state index contributed by atoms with van der Waals surface area (Å²) in [4.78, 5) is 36.1. The molecule has 6 heteroatoms. The van der Waals surface area contributed by atoms with Crippen LogP contribution >= 0.6 is 0 Å². The zero-order chi connectivity index (χ0) is 18.3. The van der Waals surface area contributed by atoms with Gasteiger partial charge in [-0.1, -0.05) is 31.7 Å². The fourth-order valence-corrected chi connectivity index (χ4v) is 3.38. The van der Waals surface area contributed by atoms with E-state index >= 15 is 0 Å². The van der Waals surface area contributed by atoms with Gasteiger partial charge < -0.3 is 15.7 Å². The first-order valence-electron chi connectivity index (χ1n) is 8.88. The Morgan fingerprint density at radius 3 is 2.40 bits per heavy atom. The molecule has 6 nitrogen and oxygen atoms in total. The van der Waals surface area contributed by atoms with Gasteiger partial charge in [0.1, 0.15) is 0 Å². The van der Waals surface area contributed by atoms with Crippen molar-refractivity contribution in [1.82, 2.24) is 5.32 Å². The summed E-state index contributed by atoms with van der Waals surface area (Å²) < 4.78 is 0. The Morgan fingerprint density at radius 1 is 1.12 bits per heavy atom. The van der Waals surface area contributed by atoms with Crippen LogP contribution in [0.2, 0.25) is 0 Å². The summed E-state index contributed by atoms with van der Waals surface area (Å²) in [5.41, 5.74) is -0.0115. The van der Waals surface area contributed by atoms with Crippen LogP contribution in [0, 0.1) is 5.41 Å². The predicted octanol–water partition coefficient (Wildman–Crippen LogP) is 3.19. The molecule has 0 unspecified atom stereocenters. The lowest BCUT2D eigenvalue weighted by Gasteiger charge is -2.27. The lowest BCUT2D eigenvalue weighted by atomic mass is 9.77. The smallest absolute Gasteiger partial charge is 0.310 e. The molecule has 0 heterocycles. The third-order valence-electron chi connectivity index (χ3n) is 4.76. The molecule has 1 aromatic carbocycles. The quantitative estimate of drug-likeness (QED) is 0.689. The zero-order valence-corrected chi connectivity index (χ0v) is 14.6. The first-order valence-corrected chi connectivity index (χ1v) is 8.88. The Balaban J connectivity index is 2.07. The van der Waals surface area contributed by atoms with Crippen LogP contribution in [-0.2, 0) is 9.59 Å². The van der Waals surface area contributed by atoms with Gasteiger partial charge in [0.15, 0.2) is 0 Å². The minimum Gasteiger partial charge on any atom is -0.481 e. The number of carbonyl (C=O) groups is 3. The Labute approximate surface area is 148 Å². The van der Waals surface area contributed by atoms with Crippen LogP contribution in [0.1, 0.15) is 62.2 Å². The van der Waals surface area contributed by atoms with E-state index in [-0.39, 0.29) is 18.2 Å². The molecule has 0 spiro atoms. The highest BCUT2D eigenvalue weighted by Crippen LogP contribution is 2.38. The number of hydrogen-bond acceptors (Lipinski definition) is 3. The molecular formula is C19H26N2O4. The summed E-state index contributed by atoms with van der Waals surface area (Å²) in [7, 11) is 0. The number of rotatable bonds is 6. The van der Waals surface area contributed by atoms with Crippen molar-refractivity contribution < 1.29 is 19.5 Å². The second-order valence-electron chi connectivity index (χ2n) is 6.66. The molecule has 0 bridgehead atoms. The molecule has 3 N–H and O–H groups in total. The number of anilines is 1. The summed E-state index contributed by atoms with van der Waals surface area (Å²) in [6.45, 7) is 2.36. The Bertz CT molecular complexity index is 634. The van der Waals surface area contributed by atoms with Crippen molar-refractivity contribution >= 4 is 23.5 Å². The van der Waals surface area contributed by atoms with E-state index in [1.165, 1.54) is 0 Å². The summed E-state index contributed by atoms with van der Waals surface area (Å²) in [6, 6.07) is 6.66. The molecule has 25 heavy (non-hydrogen) atoms. The van der Waals surface area contributed by atoms with Gasteiger partial charge in [-0.15, -0.1) is 0 Å². The number of amides is 2. The summed E-state index contributed by atoms with van der Waals surface area (Å²) in [5.74, 6) is -1.41. The van der Waals surface area contributed by atoms with Crippen LogP contribution in [0.25, 0.3) is 0 Å². The number of nitrogens with one attached hydrogen (secondary N) is 2. The maximum Gasteiger partial charge on any atom is 0.310 e. The second-order valence-corrected chi connectivity index (χ2v) is 6.66. The van der Waals surface area contributed by atoms with E-state index < -0.39 is 11.4 Å². The SMILES string of the molecule is CCNC(=O)c1cccc(NC(=O)CC2(C(=O)O)CCCCCC2)c1. The minimum atomic E-state index is -0.974. The predicted molar refractivity (Wildman–Crippen MR) is 95.5 cm³/mol. The molecule has 0 radical (unpaired) electrons. The van der Waals surface area contributed by atoms with Crippen molar-refractivity contribution in [1.29, 1.82) is 0 Å². The molecule has 1 fully saturated rings. The average molecular weight is 346 g/mol. The molecule has 1 saturated carbocycles. The van der Waals surface area contributed by atoms with E-state index in [1.807, 2.05) is 6.92 Å². The molecule has 1 aliphatic carbocycles. The van der Waals surface area contributed by atoms with Crippen molar-refractivity contribution in [3.63, 3.8) is 0 Å². The molecule has 0 aromatic heterocycles. The van der Waals surface area contributed by atoms with Crippen LogP contribution < -0.4 is 10.6 Å². The van der Waals surface area contributed by atoms with Crippen molar-refractivity contribution in [3.05, 3.63) is 29.8 Å². The summed E-state index contributed by atoms with van der Waals surface area (Å²) in [6.07, 6.45) is 4.76. The van der Waals surface area contributed by atoms with Crippen LogP contribution in [0.3, 0.4) is 0 Å². The molecule has 0 saturated heterocycles. The maximum absolute atomic E-state index is 12.4. The van der Waals surface area contributed by atoms with Gasteiger partial charge in [0, 0.05) is 24.2 Å². The van der Waals surface area contributed by atoms with Gasteiger partial charge in [0.05, 0.1) is 5.41 Å². The number of carbonyl (C=O) groups excluding carboxylic acids is 2. The highest BCUT2D eigenvalue weighted by Gasteiger charge is 2.40. The molecule has 0 aliphatic heterocycles. The fourth-order valence-electron chi connectivity index (χ4n) is 3.38. The molecule has 136 valence electrons. The maximum atomic E-state index is 12.4. The van der Waals surface area contributed by atoms with Gasteiger partial charge >= 0.3 is 5.97 Å². The molecule has 1 aliphatic rings. The van der Waals surface area contributed by atoms with Crippen molar-refractivity contribution in [2.75, 3.05) is 11.9 Å². The second kappa shape index (κ2) is 8.65. The largest absolute Gasteiger partial charge is 0.481 e. The van der Waals surface area contributed by atoms with Crippen LogP contribution in [0.4, 0.5) is 5.69 Å². The standard InChI is InChI=1S/C19H26N2O4/c1-2-20-17(23)14-8-7-9-15(12-14)21-16(22)13-19(18(24)25)10-5-3-4-6-11-19/h7-9,12H,2-6,10-11,13H2,1H3,(H,20,23)(H,21,22)(H,24,25). The van der Waals surface area contributed by atoms with Gasteiger partial charge in [0.2, 0.25) is 5.91 Å². The first kappa shape index (κ1) is 19.0. The van der Waals surface area contributed by atoms with Gasteiger partial charge in [-0.3, -0.25) is 14.4 Å². The molecule has 2 rings (SSSR count). The Morgan fingerprint density at radius 2 is 1.80 bits per heavy atom. The van der Waals surface area contributed by atoms with Crippen molar-refractivity contribution in [3.8, 4) is 0 Å². The molecule has 2 amide bonds. The first-order chi connectivity index (χ1) is 12.0. The van der Waals surface area contributed by atoms with E-state index in [0.29, 0.717) is 30.6 Å². The highest BCUT2D eigenvalue weighted by atomic mass is 16.4. The third kappa shape index (κ3) is 5.05. The monoisotopic (exact) mass is 346 g/mol. The Hall–Kier alpha value is -2.37. The summed E-state index contributed by atoms with van der Waals surface area (Å²) in [5, 5.41) is 15.1. The van der Waals surface area contributed by atoms with Crippen LogP contribution in [-0.4, -0.2) is 29.4 Å². The van der Waals surface area contributed by atoms with E-state index in [9.17, 15) is 19.5 Å². The van der Waals surface area contributed by atoms with E-state index in [4.69, 9.17) is 0 Å². The van der Waals surface area contributed by atoms with E-state index in [2.05, 4.69) is 10.6 Å². The minimum absolute atomic E-state index is 0.0340. The summed E-state index contributed by atoms with van der Waals surface area (Å²) >= 11 is 0. The van der Waals surface area contributed by atoms with Gasteiger partial charge in [-0.2, -0.15) is 0 Å². The zero-order valence-electron chi connectivity index (χ0n) is 14.6. The lowest BCUT2D eigenvalue weighted by molar-refractivity contribution is -0.152. The number of hydrogen-bond donors (Lipinski definition) is 3. The topological polar surface area (TPSA) is 95.5 Å². The van der Waals surface area contributed by atoms with E-state index in [1.54, 1.807) is 24.3 Å². The molecule has 1 aromatic rings. The lowest BCUT2D eigenvalue weighted by Crippen LogP contribution is -2.35. The average Bonchev–Trinajstić information content (AvgIpc) is 2.82. The van der Waals surface area contributed by atoms with Crippen LogP contribution in [0.5, 0.6) is 0 Å². The number of benzene rings is 1. The third-order valence-corrected chi connectivity index (χ3v) is 4.76. The van der Waals surface area contributed by atoms with Gasteiger partial charge in [-0.05, 0) is 38.0 Å². The number of carboxylic acid groups (broad SMARTS) is 1. The molecular weight excluding hydrogens is 320 g/mol. The molecule has 0 atom stereocenters. The Kier molecular flexibility index (Phi) is 6.56. The van der Waals surface area contributed by atoms with Gasteiger partial charge in [-0.25, -0.2) is 0 Å². The number of aliphatic carboxylic acids is 1. The van der Waals surface area contributed by atoms with E-state index in [0.717, 1.165) is 25.7 Å². The van der Waals surface area contributed by atoms with Crippen molar-refractivity contribution in [2.45, 2.75) is 51.9 Å². The van der Waals surface area contributed by atoms with Crippen molar-refractivity contribution in [2.24, 2.45) is 5.41 Å². The number of carboxylic acids is 1.